The maximum atomic E-state index is 13.3. The summed E-state index contributed by atoms with van der Waals surface area (Å²) in [6.45, 7) is 3.80. The number of halogens is 1. The molecule has 0 spiro atoms. The monoisotopic (exact) mass is 507 g/mol. The average Bonchev–Trinajstić information content (AvgIpc) is 2.86. The Kier molecular flexibility index (Phi) is 8.40. The fourth-order valence-electron chi connectivity index (χ4n) is 4.05. The van der Waals surface area contributed by atoms with Crippen LogP contribution in [0.2, 0.25) is 0 Å². The van der Waals surface area contributed by atoms with Crippen molar-refractivity contribution >= 4 is 21.6 Å². The van der Waals surface area contributed by atoms with E-state index in [4.69, 9.17) is 4.74 Å². The summed E-state index contributed by atoms with van der Waals surface area (Å²) in [6, 6.07) is 9.86. The van der Waals surface area contributed by atoms with E-state index in [1.807, 2.05) is 38.1 Å². The summed E-state index contributed by atoms with van der Waals surface area (Å²) < 4.78 is 47.1. The molecule has 1 aliphatic rings. The highest BCUT2D eigenvalue weighted by Crippen LogP contribution is 2.30. The zero-order valence-corrected chi connectivity index (χ0v) is 21.6. The van der Waals surface area contributed by atoms with Crippen molar-refractivity contribution in [2.45, 2.75) is 37.3 Å². The van der Waals surface area contributed by atoms with Crippen LogP contribution in [0.25, 0.3) is 0 Å². The number of anilines is 1. The molecule has 0 bridgehead atoms. The number of ether oxygens (including phenoxy) is 1. The van der Waals surface area contributed by atoms with Gasteiger partial charge >= 0.3 is 0 Å². The van der Waals surface area contributed by atoms with Crippen LogP contribution in [-0.4, -0.2) is 81.6 Å². The average molecular weight is 508 g/mol. The lowest BCUT2D eigenvalue weighted by Crippen LogP contribution is -2.48. The number of fused-ring (bicyclic) bond motifs is 1. The summed E-state index contributed by atoms with van der Waals surface area (Å²) in [6.07, 6.45) is -0.483. The molecule has 3 rings (SSSR count). The number of hydrogen-bond acceptors (Lipinski definition) is 6. The van der Waals surface area contributed by atoms with Crippen LogP contribution in [0, 0.1) is 11.7 Å². The van der Waals surface area contributed by atoms with E-state index in [2.05, 4.69) is 0 Å². The molecule has 1 heterocycles. The number of amides is 1. The maximum Gasteiger partial charge on any atom is 0.242 e. The first kappa shape index (κ1) is 26.9. The van der Waals surface area contributed by atoms with Crippen LogP contribution < -0.4 is 9.64 Å². The molecule has 0 fully saturated rings. The molecule has 0 unspecified atom stereocenters. The lowest BCUT2D eigenvalue weighted by Gasteiger charge is -2.33. The second kappa shape index (κ2) is 10.9. The Morgan fingerprint density at radius 2 is 1.83 bits per heavy atom. The Balaban J connectivity index is 1.97. The van der Waals surface area contributed by atoms with Gasteiger partial charge in [0.05, 0.1) is 30.5 Å². The largest absolute Gasteiger partial charge is 0.488 e. The molecule has 0 saturated heterocycles. The minimum Gasteiger partial charge on any atom is -0.488 e. The third-order valence-electron chi connectivity index (χ3n) is 6.38. The summed E-state index contributed by atoms with van der Waals surface area (Å²) in [7, 11) is 1.37. The smallest absolute Gasteiger partial charge is 0.242 e. The minimum atomic E-state index is -3.89. The third-order valence-corrected chi connectivity index (χ3v) is 8.21. The molecule has 10 heteroatoms. The van der Waals surface area contributed by atoms with Gasteiger partial charge in [0.2, 0.25) is 15.9 Å². The number of aliphatic hydroxyl groups is 1. The van der Waals surface area contributed by atoms with E-state index in [0.717, 1.165) is 17.8 Å². The highest BCUT2D eigenvalue weighted by atomic mass is 32.2. The highest BCUT2D eigenvalue weighted by molar-refractivity contribution is 7.89. The van der Waals surface area contributed by atoms with E-state index in [1.165, 1.54) is 23.5 Å². The van der Waals surface area contributed by atoms with Gasteiger partial charge in [-0.05, 0) is 49.4 Å². The van der Waals surface area contributed by atoms with Crippen molar-refractivity contribution in [1.29, 1.82) is 0 Å². The molecule has 0 aliphatic carbocycles. The van der Waals surface area contributed by atoms with Crippen molar-refractivity contribution in [3.05, 3.63) is 53.8 Å². The zero-order valence-electron chi connectivity index (χ0n) is 20.8. The third kappa shape index (κ3) is 6.12. The van der Waals surface area contributed by atoms with Gasteiger partial charge in [-0.15, -0.1) is 0 Å². The molecular formula is C25H34FN3O5S. The van der Waals surface area contributed by atoms with Crippen LogP contribution in [0.1, 0.15) is 19.4 Å². The predicted molar refractivity (Wildman–Crippen MR) is 133 cm³/mol. The van der Waals surface area contributed by atoms with Gasteiger partial charge in [0.15, 0.2) is 0 Å². The molecular weight excluding hydrogens is 473 g/mol. The fraction of sp³-hybridized carbons (Fsp3) is 0.480. The van der Waals surface area contributed by atoms with Crippen molar-refractivity contribution in [2.75, 3.05) is 45.7 Å². The Hall–Kier alpha value is -2.69. The standard InChI is InChI=1S/C25H34FN3O5S/c1-17-14-29(18(2)16-30)25(31)13-19-12-21(27(3)4)8-11-23(19)34-24(17)15-28(5)35(32,33)22-9-6-20(26)7-10-22/h6-12,17-18,24,30H,13-16H2,1-5H3/t17-,18+,24-/m0/s1. The number of carbonyl (C=O) groups excluding carboxylic acids is 1. The second-order valence-corrected chi connectivity index (χ2v) is 11.4. The van der Waals surface area contributed by atoms with Gasteiger partial charge in [-0.1, -0.05) is 6.92 Å². The van der Waals surface area contributed by atoms with Gasteiger partial charge in [0.1, 0.15) is 17.7 Å². The minimum absolute atomic E-state index is 0.0150. The van der Waals surface area contributed by atoms with E-state index in [1.54, 1.807) is 17.9 Å². The van der Waals surface area contributed by atoms with Gasteiger partial charge in [-0.2, -0.15) is 4.31 Å². The van der Waals surface area contributed by atoms with E-state index in [-0.39, 0.29) is 36.3 Å². The number of likely N-dealkylation sites (N-methyl/N-ethyl adjacent to an activating group) is 1. The zero-order chi connectivity index (χ0) is 25.9. The lowest BCUT2D eigenvalue weighted by molar-refractivity contribution is -0.134. The number of nitrogens with zero attached hydrogens (tertiary/aromatic N) is 3. The molecule has 3 atom stereocenters. The fourth-order valence-corrected chi connectivity index (χ4v) is 5.23. The normalized spacial score (nSPS) is 19.9. The molecule has 192 valence electrons. The molecule has 0 aromatic heterocycles. The van der Waals surface area contributed by atoms with E-state index >= 15 is 0 Å². The number of sulfonamides is 1. The van der Waals surface area contributed by atoms with Crippen LogP contribution in [0.5, 0.6) is 5.75 Å². The maximum absolute atomic E-state index is 13.3. The Morgan fingerprint density at radius 1 is 1.17 bits per heavy atom. The molecule has 8 nitrogen and oxygen atoms in total. The van der Waals surface area contributed by atoms with Crippen LogP contribution in [0.15, 0.2) is 47.4 Å². The lowest BCUT2D eigenvalue weighted by atomic mass is 10.0. The molecule has 0 saturated carbocycles. The SMILES string of the molecule is C[C@H](CO)N1C[C@H](C)[C@H](CN(C)S(=O)(=O)c2ccc(F)cc2)Oc2ccc(N(C)C)cc2CC1=O. The van der Waals surface area contributed by atoms with Crippen molar-refractivity contribution in [3.63, 3.8) is 0 Å². The first-order valence-corrected chi connectivity index (χ1v) is 13.0. The van der Waals surface area contributed by atoms with Gasteiger partial charge in [0.25, 0.3) is 0 Å². The number of rotatable bonds is 7. The quantitative estimate of drug-likeness (QED) is 0.619. The summed E-state index contributed by atoms with van der Waals surface area (Å²) in [5.41, 5.74) is 1.60. The number of aliphatic hydroxyl groups excluding tert-OH is 1. The number of benzene rings is 2. The van der Waals surface area contributed by atoms with Crippen molar-refractivity contribution in [2.24, 2.45) is 5.92 Å². The van der Waals surface area contributed by atoms with E-state index in [0.29, 0.717) is 17.9 Å². The molecule has 1 amide bonds. The van der Waals surface area contributed by atoms with Crippen LogP contribution in [-0.2, 0) is 21.2 Å². The van der Waals surface area contributed by atoms with Crippen LogP contribution in [0.3, 0.4) is 0 Å². The van der Waals surface area contributed by atoms with E-state index < -0.39 is 28.0 Å². The topological polar surface area (TPSA) is 90.4 Å². The Labute approximate surface area is 207 Å². The Morgan fingerprint density at radius 3 is 2.43 bits per heavy atom. The van der Waals surface area contributed by atoms with E-state index in [9.17, 15) is 22.7 Å². The van der Waals surface area contributed by atoms with Gasteiger partial charge in [-0.3, -0.25) is 4.79 Å². The molecule has 2 aromatic carbocycles. The van der Waals surface area contributed by atoms with Gasteiger partial charge in [-0.25, -0.2) is 12.8 Å². The number of carbonyl (C=O) groups is 1. The molecule has 0 radical (unpaired) electrons. The molecule has 2 aromatic rings. The number of hydrogen-bond donors (Lipinski definition) is 1. The van der Waals surface area contributed by atoms with Gasteiger partial charge < -0.3 is 19.6 Å². The van der Waals surface area contributed by atoms with Crippen molar-refractivity contribution in [3.8, 4) is 5.75 Å². The Bertz CT molecular complexity index is 1140. The molecule has 1 N–H and O–H groups in total. The summed E-state index contributed by atoms with van der Waals surface area (Å²) in [5, 5.41) is 9.75. The summed E-state index contributed by atoms with van der Waals surface area (Å²) in [4.78, 5) is 16.8. The second-order valence-electron chi connectivity index (χ2n) is 9.31. The molecule has 1 aliphatic heterocycles. The van der Waals surface area contributed by atoms with Crippen molar-refractivity contribution < 1.29 is 27.4 Å². The first-order valence-electron chi connectivity index (χ1n) is 11.5. The van der Waals surface area contributed by atoms with Crippen LogP contribution in [0.4, 0.5) is 10.1 Å². The summed E-state index contributed by atoms with van der Waals surface area (Å²) in [5.74, 6) is -0.381. The molecule has 35 heavy (non-hydrogen) atoms. The first-order chi connectivity index (χ1) is 16.4. The van der Waals surface area contributed by atoms with Crippen molar-refractivity contribution in [1.82, 2.24) is 9.21 Å². The van der Waals surface area contributed by atoms with Crippen LogP contribution >= 0.6 is 0 Å². The highest BCUT2D eigenvalue weighted by Gasteiger charge is 2.33. The summed E-state index contributed by atoms with van der Waals surface area (Å²) >= 11 is 0. The van der Waals surface area contributed by atoms with Gasteiger partial charge in [0, 0.05) is 44.9 Å². The predicted octanol–water partition coefficient (Wildman–Crippen LogP) is 2.36.